The van der Waals surface area contributed by atoms with Crippen molar-refractivity contribution in [1.82, 2.24) is 10.3 Å². The number of halogens is 2. The van der Waals surface area contributed by atoms with Gasteiger partial charge in [-0.2, -0.15) is 0 Å². The Morgan fingerprint density at radius 3 is 2.67 bits per heavy atom. The van der Waals surface area contributed by atoms with Crippen LogP contribution >= 0.6 is 23.2 Å². The minimum absolute atomic E-state index is 0.107. The molecule has 1 amide bonds. The lowest BCUT2D eigenvalue weighted by atomic mass is 9.89. The van der Waals surface area contributed by atoms with Gasteiger partial charge in [-0.25, -0.2) is 0 Å². The minimum atomic E-state index is -0.231. The molecule has 0 radical (unpaired) electrons. The summed E-state index contributed by atoms with van der Waals surface area (Å²) in [5, 5.41) is 12.5. The molecular weight excluding hydrogens is 275 g/mol. The van der Waals surface area contributed by atoms with Gasteiger partial charge in [0.1, 0.15) is 10.8 Å². The van der Waals surface area contributed by atoms with E-state index in [0.29, 0.717) is 17.3 Å². The third kappa shape index (κ3) is 4.52. The Bertz CT molecular complexity index is 397. The number of carbonyl (C=O) groups excluding carboxylic acids is 1. The second-order valence-corrected chi connectivity index (χ2v) is 5.81. The van der Waals surface area contributed by atoms with E-state index in [9.17, 15) is 4.79 Å². The highest BCUT2D eigenvalue weighted by Gasteiger charge is 2.16. The quantitative estimate of drug-likeness (QED) is 0.706. The third-order valence-corrected chi connectivity index (χ3v) is 3.41. The predicted molar refractivity (Wildman–Crippen MR) is 73.2 cm³/mol. The van der Waals surface area contributed by atoms with Crippen LogP contribution in [0.1, 0.15) is 37.2 Å². The van der Waals surface area contributed by atoms with Crippen molar-refractivity contribution in [2.75, 3.05) is 13.2 Å². The van der Waals surface area contributed by atoms with E-state index in [4.69, 9.17) is 28.3 Å². The second kappa shape index (κ2) is 6.45. The van der Waals surface area contributed by atoms with E-state index in [-0.39, 0.29) is 23.1 Å². The van der Waals surface area contributed by atoms with Crippen molar-refractivity contribution in [3.63, 3.8) is 0 Å². The lowest BCUT2D eigenvalue weighted by Crippen LogP contribution is -2.26. The molecule has 0 spiro atoms. The van der Waals surface area contributed by atoms with Gasteiger partial charge in [0.15, 0.2) is 0 Å². The van der Waals surface area contributed by atoms with Gasteiger partial charge >= 0.3 is 0 Å². The van der Waals surface area contributed by atoms with Crippen LogP contribution in [0.25, 0.3) is 0 Å². The summed E-state index contributed by atoms with van der Waals surface area (Å²) in [6.45, 7) is 4.66. The van der Waals surface area contributed by atoms with E-state index in [2.05, 4.69) is 10.3 Å². The first-order valence-corrected chi connectivity index (χ1v) is 6.54. The summed E-state index contributed by atoms with van der Waals surface area (Å²) in [5.74, 6) is -0.231. The summed E-state index contributed by atoms with van der Waals surface area (Å²) in [7, 11) is 0. The van der Waals surface area contributed by atoms with Gasteiger partial charge in [-0.1, -0.05) is 37.0 Å². The lowest BCUT2D eigenvalue weighted by molar-refractivity contribution is 0.0944. The molecule has 1 heterocycles. The minimum Gasteiger partial charge on any atom is -0.396 e. The maximum atomic E-state index is 11.7. The van der Waals surface area contributed by atoms with Gasteiger partial charge in [-0.05, 0) is 24.3 Å². The van der Waals surface area contributed by atoms with E-state index < -0.39 is 0 Å². The number of nitrogens with one attached hydrogen (secondary N) is 2. The largest absolute Gasteiger partial charge is 0.396 e. The molecule has 0 atom stereocenters. The van der Waals surface area contributed by atoms with Crippen LogP contribution in [0.3, 0.4) is 0 Å². The van der Waals surface area contributed by atoms with Crippen LogP contribution in [0.15, 0.2) is 6.07 Å². The zero-order chi connectivity index (χ0) is 13.8. The Morgan fingerprint density at radius 1 is 1.50 bits per heavy atom. The highest BCUT2D eigenvalue weighted by molar-refractivity contribution is 6.41. The Morgan fingerprint density at radius 2 is 2.17 bits per heavy atom. The van der Waals surface area contributed by atoms with Crippen molar-refractivity contribution in [2.45, 2.75) is 26.7 Å². The van der Waals surface area contributed by atoms with Crippen LogP contribution < -0.4 is 5.32 Å². The Kier molecular flexibility index (Phi) is 5.50. The number of rotatable bonds is 6. The molecule has 0 fully saturated rings. The van der Waals surface area contributed by atoms with E-state index in [1.807, 2.05) is 13.8 Å². The Labute approximate surface area is 117 Å². The SMILES string of the molecule is CC(C)(CO)CCCNC(=O)c1cc(Cl)c(Cl)[nH]1. The number of hydrogen-bond acceptors (Lipinski definition) is 2. The maximum absolute atomic E-state index is 11.7. The molecule has 3 N–H and O–H groups in total. The molecule has 1 rings (SSSR count). The smallest absolute Gasteiger partial charge is 0.267 e. The highest BCUT2D eigenvalue weighted by Crippen LogP contribution is 2.22. The summed E-state index contributed by atoms with van der Waals surface area (Å²) in [5.41, 5.74) is 0.246. The zero-order valence-corrected chi connectivity index (χ0v) is 12.0. The molecule has 0 bridgehead atoms. The summed E-state index contributed by atoms with van der Waals surface area (Å²) in [4.78, 5) is 14.4. The molecule has 0 saturated carbocycles. The van der Waals surface area contributed by atoms with Gasteiger partial charge in [0.05, 0.1) is 5.02 Å². The van der Waals surface area contributed by atoms with Crippen molar-refractivity contribution in [3.05, 3.63) is 21.9 Å². The third-order valence-electron chi connectivity index (χ3n) is 2.71. The standard InChI is InChI=1S/C12H18Cl2N2O2/c1-12(2,7-17)4-3-5-15-11(18)9-6-8(13)10(14)16-9/h6,16-17H,3-5,7H2,1-2H3,(H,15,18). The van der Waals surface area contributed by atoms with Crippen LogP contribution in [-0.2, 0) is 0 Å². The van der Waals surface area contributed by atoms with Gasteiger partial charge < -0.3 is 15.4 Å². The lowest BCUT2D eigenvalue weighted by Gasteiger charge is -2.21. The van der Waals surface area contributed by atoms with E-state index in [0.717, 1.165) is 12.8 Å². The van der Waals surface area contributed by atoms with Crippen LogP contribution in [-0.4, -0.2) is 29.1 Å². The monoisotopic (exact) mass is 292 g/mol. The first-order chi connectivity index (χ1) is 8.35. The second-order valence-electron chi connectivity index (χ2n) is 5.03. The molecule has 4 nitrogen and oxygen atoms in total. The number of H-pyrrole nitrogens is 1. The Balaban J connectivity index is 2.34. The molecule has 0 unspecified atom stereocenters. The molecule has 1 aromatic heterocycles. The molecular formula is C12H18Cl2N2O2. The molecule has 0 aromatic carbocycles. The normalized spacial score (nSPS) is 11.6. The maximum Gasteiger partial charge on any atom is 0.267 e. The number of carbonyl (C=O) groups is 1. The van der Waals surface area contributed by atoms with E-state index in [1.54, 1.807) is 0 Å². The van der Waals surface area contributed by atoms with Gasteiger partial charge in [-0.15, -0.1) is 0 Å². The van der Waals surface area contributed by atoms with Crippen LogP contribution in [0.2, 0.25) is 10.2 Å². The molecule has 0 aliphatic carbocycles. The molecule has 6 heteroatoms. The zero-order valence-electron chi connectivity index (χ0n) is 10.5. The molecule has 0 aliphatic rings. The van der Waals surface area contributed by atoms with E-state index >= 15 is 0 Å². The van der Waals surface area contributed by atoms with Crippen molar-refractivity contribution in [1.29, 1.82) is 0 Å². The van der Waals surface area contributed by atoms with Gasteiger partial charge in [0.2, 0.25) is 0 Å². The highest BCUT2D eigenvalue weighted by atomic mass is 35.5. The van der Waals surface area contributed by atoms with Gasteiger partial charge in [0.25, 0.3) is 5.91 Å². The number of aliphatic hydroxyl groups is 1. The average molecular weight is 293 g/mol. The van der Waals surface area contributed by atoms with Gasteiger partial charge in [-0.3, -0.25) is 4.79 Å². The fourth-order valence-electron chi connectivity index (χ4n) is 1.47. The topological polar surface area (TPSA) is 65.1 Å². The molecule has 0 saturated heterocycles. The van der Waals surface area contributed by atoms with Crippen molar-refractivity contribution < 1.29 is 9.90 Å². The number of hydrogen-bond donors (Lipinski definition) is 3. The number of aliphatic hydroxyl groups excluding tert-OH is 1. The van der Waals surface area contributed by atoms with E-state index in [1.165, 1.54) is 6.07 Å². The fraction of sp³-hybridized carbons (Fsp3) is 0.583. The van der Waals surface area contributed by atoms with Crippen molar-refractivity contribution >= 4 is 29.1 Å². The first kappa shape index (κ1) is 15.3. The van der Waals surface area contributed by atoms with Gasteiger partial charge in [0, 0.05) is 13.2 Å². The Hall–Kier alpha value is -0.710. The molecule has 0 aliphatic heterocycles. The molecule has 1 aromatic rings. The van der Waals surface area contributed by atoms with Crippen molar-refractivity contribution in [3.8, 4) is 0 Å². The summed E-state index contributed by atoms with van der Waals surface area (Å²) >= 11 is 11.5. The predicted octanol–water partition coefficient (Wildman–Crippen LogP) is 2.85. The average Bonchev–Trinajstić information content (AvgIpc) is 2.65. The summed E-state index contributed by atoms with van der Waals surface area (Å²) in [6, 6.07) is 1.50. The fourth-order valence-corrected chi connectivity index (χ4v) is 1.78. The molecule has 102 valence electrons. The molecule has 18 heavy (non-hydrogen) atoms. The summed E-state index contributed by atoms with van der Waals surface area (Å²) in [6.07, 6.45) is 1.65. The number of aromatic amines is 1. The summed E-state index contributed by atoms with van der Waals surface area (Å²) < 4.78 is 0. The number of aromatic nitrogens is 1. The number of amides is 1. The van der Waals surface area contributed by atoms with Crippen LogP contribution in [0.5, 0.6) is 0 Å². The first-order valence-electron chi connectivity index (χ1n) is 5.79. The van der Waals surface area contributed by atoms with Crippen LogP contribution in [0.4, 0.5) is 0 Å². The van der Waals surface area contributed by atoms with Crippen LogP contribution in [0, 0.1) is 5.41 Å². The van der Waals surface area contributed by atoms with Crippen molar-refractivity contribution in [2.24, 2.45) is 5.41 Å².